The van der Waals surface area contributed by atoms with Crippen molar-refractivity contribution in [1.82, 2.24) is 9.78 Å². The van der Waals surface area contributed by atoms with Gasteiger partial charge in [0.1, 0.15) is 0 Å². The second-order valence-corrected chi connectivity index (χ2v) is 9.78. The number of rotatable bonds is 5. The van der Waals surface area contributed by atoms with E-state index >= 15 is 0 Å². The molecule has 1 heterocycles. The molecular weight excluding hydrogens is 446 g/mol. The van der Waals surface area contributed by atoms with E-state index in [4.69, 9.17) is 17.3 Å². The van der Waals surface area contributed by atoms with Gasteiger partial charge >= 0.3 is 0 Å². The average Bonchev–Trinajstić information content (AvgIpc) is 2.78. The molecule has 4 aromatic rings. The summed E-state index contributed by atoms with van der Waals surface area (Å²) in [4.78, 5) is 13.8. The van der Waals surface area contributed by atoms with Gasteiger partial charge in [-0.1, -0.05) is 54.1 Å². The highest BCUT2D eigenvalue weighted by atomic mass is 35.5. The Hall–Kier alpha value is -3.26. The summed E-state index contributed by atoms with van der Waals surface area (Å²) >= 11 is 6.11. The molecule has 4 rings (SSSR count). The minimum absolute atomic E-state index is 0.204. The first-order valence-corrected chi connectivity index (χ1v) is 12.0. The third kappa shape index (κ3) is 4.36. The maximum Gasteiger partial charge on any atom is 0.279 e. The highest BCUT2D eigenvalue weighted by Gasteiger charge is 2.17. The number of benzene rings is 3. The monoisotopic (exact) mass is 465 g/mol. The van der Waals surface area contributed by atoms with Crippen LogP contribution in [-0.4, -0.2) is 24.5 Å². The van der Waals surface area contributed by atoms with Crippen molar-refractivity contribution in [3.05, 3.63) is 99.9 Å². The highest BCUT2D eigenvalue weighted by Crippen LogP contribution is 2.30. The molecule has 0 atom stereocenters. The van der Waals surface area contributed by atoms with Gasteiger partial charge in [-0.05, 0) is 47.0 Å². The van der Waals surface area contributed by atoms with Gasteiger partial charge in [0.05, 0.1) is 22.3 Å². The third-order valence-corrected chi connectivity index (χ3v) is 6.47. The van der Waals surface area contributed by atoms with Crippen molar-refractivity contribution < 1.29 is 8.42 Å². The molecule has 0 saturated carbocycles. The first kappa shape index (κ1) is 22.0. The molecule has 0 aliphatic rings. The van der Waals surface area contributed by atoms with Crippen LogP contribution in [0.3, 0.4) is 0 Å². The minimum atomic E-state index is -3.33. The number of hydrogen-bond acceptors (Lipinski definition) is 5. The molecule has 2 N–H and O–H groups in total. The summed E-state index contributed by atoms with van der Waals surface area (Å²) in [6, 6.07) is 20.7. The van der Waals surface area contributed by atoms with Gasteiger partial charge in [0.25, 0.3) is 5.56 Å². The number of nitrogens with two attached hydrogens (primary N) is 1. The zero-order chi connectivity index (χ0) is 22.9. The van der Waals surface area contributed by atoms with Gasteiger partial charge in [-0.2, -0.15) is 9.78 Å². The molecule has 0 spiro atoms. The Morgan fingerprint density at radius 3 is 2.22 bits per heavy atom. The van der Waals surface area contributed by atoms with E-state index in [1.54, 1.807) is 42.6 Å². The van der Waals surface area contributed by atoms with Crippen LogP contribution in [0.1, 0.15) is 5.56 Å². The number of sulfone groups is 1. The second-order valence-electron chi connectivity index (χ2n) is 7.33. The molecule has 0 aliphatic carbocycles. The molecule has 0 bridgehead atoms. The summed E-state index contributed by atoms with van der Waals surface area (Å²) in [7, 11) is -3.33. The van der Waals surface area contributed by atoms with E-state index in [2.05, 4.69) is 5.10 Å². The molecule has 6 nitrogen and oxygen atoms in total. The first-order chi connectivity index (χ1) is 15.3. The molecule has 8 heteroatoms. The topological polar surface area (TPSA) is 95.0 Å². The molecule has 1 aromatic heterocycles. The maximum absolute atomic E-state index is 13.6. The van der Waals surface area contributed by atoms with Gasteiger partial charge in [0.15, 0.2) is 9.84 Å². The van der Waals surface area contributed by atoms with Gasteiger partial charge in [-0.3, -0.25) is 4.79 Å². The van der Waals surface area contributed by atoms with E-state index < -0.39 is 9.84 Å². The zero-order valence-corrected chi connectivity index (χ0v) is 18.8. The van der Waals surface area contributed by atoms with Gasteiger partial charge in [-0.15, -0.1) is 0 Å². The molecule has 0 fully saturated rings. The van der Waals surface area contributed by atoms with Crippen molar-refractivity contribution in [1.29, 1.82) is 0 Å². The third-order valence-electron chi connectivity index (χ3n) is 5.10. The lowest BCUT2D eigenvalue weighted by atomic mass is 9.96. The van der Waals surface area contributed by atoms with Gasteiger partial charge in [0, 0.05) is 23.4 Å². The molecule has 32 heavy (non-hydrogen) atoms. The van der Waals surface area contributed by atoms with Gasteiger partial charge < -0.3 is 5.73 Å². The molecule has 162 valence electrons. The Morgan fingerprint density at radius 2 is 1.62 bits per heavy atom. The molecule has 0 radical (unpaired) electrons. The molecule has 0 saturated heterocycles. The van der Waals surface area contributed by atoms with Crippen molar-refractivity contribution in [3.8, 4) is 27.9 Å². The van der Waals surface area contributed by atoms with Crippen LogP contribution in [0.25, 0.3) is 27.9 Å². The summed E-state index contributed by atoms with van der Waals surface area (Å²) in [6.07, 6.45) is 2.75. The summed E-state index contributed by atoms with van der Waals surface area (Å²) < 4.78 is 24.9. The standard InChI is InChI=1S/C24H20ClN3O3S/c1-32(30,31)21-11-9-17(10-12-21)22-15-27-28(20-4-2-3-19(25)13-20)24(29)23(22)18-7-5-16(14-26)6-8-18/h2-13,15H,14,26H2,1H3. The Labute approximate surface area is 190 Å². The lowest BCUT2D eigenvalue weighted by Gasteiger charge is -2.13. The summed E-state index contributed by atoms with van der Waals surface area (Å²) in [5.74, 6) is 0. The average molecular weight is 466 g/mol. The van der Waals surface area contributed by atoms with Crippen molar-refractivity contribution in [3.63, 3.8) is 0 Å². The van der Waals surface area contributed by atoms with Crippen LogP contribution in [0.4, 0.5) is 0 Å². The number of halogens is 1. The largest absolute Gasteiger partial charge is 0.326 e. The fourth-order valence-corrected chi connectivity index (χ4v) is 4.25. The van der Waals surface area contributed by atoms with Crippen LogP contribution >= 0.6 is 11.6 Å². The normalized spacial score (nSPS) is 11.5. The van der Waals surface area contributed by atoms with E-state index in [-0.39, 0.29) is 10.5 Å². The molecule has 0 aliphatic heterocycles. The summed E-state index contributed by atoms with van der Waals surface area (Å²) in [5, 5.41) is 4.86. The van der Waals surface area contributed by atoms with Crippen molar-refractivity contribution >= 4 is 21.4 Å². The smallest absolute Gasteiger partial charge is 0.279 e. The Kier molecular flexibility index (Phi) is 5.97. The summed E-state index contributed by atoms with van der Waals surface area (Å²) in [6.45, 7) is 0.392. The molecular formula is C24H20ClN3O3S. The second kappa shape index (κ2) is 8.70. The highest BCUT2D eigenvalue weighted by molar-refractivity contribution is 7.90. The predicted molar refractivity (Wildman–Crippen MR) is 127 cm³/mol. The SMILES string of the molecule is CS(=O)(=O)c1ccc(-c2cnn(-c3cccc(Cl)c3)c(=O)c2-c2ccc(CN)cc2)cc1. The first-order valence-electron chi connectivity index (χ1n) is 9.76. The molecule has 0 amide bonds. The minimum Gasteiger partial charge on any atom is -0.326 e. The van der Waals surface area contributed by atoms with Crippen LogP contribution in [0.5, 0.6) is 0 Å². The fraction of sp³-hybridized carbons (Fsp3) is 0.0833. The van der Waals surface area contributed by atoms with Crippen molar-refractivity contribution in [2.75, 3.05) is 6.26 Å². The van der Waals surface area contributed by atoms with Crippen molar-refractivity contribution in [2.45, 2.75) is 11.4 Å². The van der Waals surface area contributed by atoms with E-state index in [9.17, 15) is 13.2 Å². The number of hydrogen-bond donors (Lipinski definition) is 1. The lowest BCUT2D eigenvalue weighted by Crippen LogP contribution is -2.23. The van der Waals surface area contributed by atoms with Crippen LogP contribution in [0, 0.1) is 0 Å². The Morgan fingerprint density at radius 1 is 0.969 bits per heavy atom. The van der Waals surface area contributed by atoms with Crippen LogP contribution < -0.4 is 11.3 Å². The maximum atomic E-state index is 13.6. The lowest BCUT2D eigenvalue weighted by molar-refractivity contribution is 0.602. The van der Waals surface area contributed by atoms with E-state index in [0.717, 1.165) is 11.8 Å². The van der Waals surface area contributed by atoms with Gasteiger partial charge in [0.2, 0.25) is 0 Å². The predicted octanol–water partition coefficient (Wildman–Crippen LogP) is 4.08. The quantitative estimate of drug-likeness (QED) is 0.479. The fourth-order valence-electron chi connectivity index (χ4n) is 3.43. The van der Waals surface area contributed by atoms with Crippen LogP contribution in [-0.2, 0) is 16.4 Å². The Balaban J connectivity index is 1.95. The van der Waals surface area contributed by atoms with E-state index in [1.807, 2.05) is 24.3 Å². The van der Waals surface area contributed by atoms with E-state index in [1.165, 1.54) is 16.8 Å². The molecule has 0 unspecified atom stereocenters. The van der Waals surface area contributed by atoms with E-state index in [0.29, 0.717) is 39.5 Å². The van der Waals surface area contributed by atoms with Gasteiger partial charge in [-0.25, -0.2) is 8.42 Å². The van der Waals surface area contributed by atoms with Crippen LogP contribution in [0.2, 0.25) is 5.02 Å². The van der Waals surface area contributed by atoms with Crippen molar-refractivity contribution in [2.24, 2.45) is 5.73 Å². The zero-order valence-electron chi connectivity index (χ0n) is 17.2. The van der Waals surface area contributed by atoms with Crippen LogP contribution in [0.15, 0.2) is 88.7 Å². The Bertz CT molecular complexity index is 1450. The number of aromatic nitrogens is 2. The molecule has 3 aromatic carbocycles. The summed E-state index contributed by atoms with van der Waals surface area (Å²) in [5.41, 5.74) is 9.29. The number of nitrogens with zero attached hydrogens (tertiary/aromatic N) is 2.